The summed E-state index contributed by atoms with van der Waals surface area (Å²) in [5, 5.41) is 3.18. The van der Waals surface area contributed by atoms with Crippen molar-refractivity contribution in [2.45, 2.75) is 43.5 Å². The van der Waals surface area contributed by atoms with Crippen LogP contribution < -0.4 is 5.32 Å². The molecule has 0 amide bonds. The summed E-state index contributed by atoms with van der Waals surface area (Å²) in [5.41, 5.74) is 0.299. The van der Waals surface area contributed by atoms with Crippen molar-refractivity contribution in [3.63, 3.8) is 0 Å². The maximum atomic E-state index is 13.8. The molecule has 5 heteroatoms. The Morgan fingerprint density at radius 3 is 2.74 bits per heavy atom. The van der Waals surface area contributed by atoms with E-state index in [1.165, 1.54) is 18.2 Å². The van der Waals surface area contributed by atoms with Crippen LogP contribution in [0.15, 0.2) is 23.1 Å². The minimum Gasteiger partial charge on any atom is -0.380 e. The minimum atomic E-state index is -3.30. The fraction of sp³-hybridized carbons (Fsp3) is 0.571. The first-order chi connectivity index (χ1) is 8.91. The third-order valence-electron chi connectivity index (χ3n) is 3.89. The lowest BCUT2D eigenvalue weighted by atomic mass is 10.0. The van der Waals surface area contributed by atoms with Crippen LogP contribution in [0.3, 0.4) is 0 Å². The first kappa shape index (κ1) is 14.3. The average Bonchev–Trinajstić information content (AvgIpc) is 2.77. The average molecular weight is 285 g/mol. The van der Waals surface area contributed by atoms with Crippen molar-refractivity contribution >= 4 is 15.5 Å². The van der Waals surface area contributed by atoms with Gasteiger partial charge in [0.1, 0.15) is 5.82 Å². The molecule has 2 unspecified atom stereocenters. The van der Waals surface area contributed by atoms with Gasteiger partial charge in [-0.3, -0.25) is 0 Å². The van der Waals surface area contributed by atoms with Crippen LogP contribution in [0.4, 0.5) is 10.1 Å². The summed E-state index contributed by atoms with van der Waals surface area (Å²) in [6.45, 7) is 2.13. The zero-order valence-electron chi connectivity index (χ0n) is 11.3. The van der Waals surface area contributed by atoms with Gasteiger partial charge in [0.05, 0.1) is 10.6 Å². The smallest absolute Gasteiger partial charge is 0.175 e. The molecule has 0 spiro atoms. The van der Waals surface area contributed by atoms with Gasteiger partial charge >= 0.3 is 0 Å². The summed E-state index contributed by atoms with van der Waals surface area (Å²) in [5.74, 6) is 0.149. The number of nitrogens with one attached hydrogen (secondary N) is 1. The quantitative estimate of drug-likeness (QED) is 0.864. The van der Waals surface area contributed by atoms with Gasteiger partial charge in [-0.15, -0.1) is 0 Å². The first-order valence-electron chi connectivity index (χ1n) is 6.68. The van der Waals surface area contributed by atoms with Crippen molar-refractivity contribution in [2.75, 3.05) is 11.6 Å². The van der Waals surface area contributed by atoms with E-state index < -0.39 is 15.7 Å². The topological polar surface area (TPSA) is 46.2 Å². The molecule has 19 heavy (non-hydrogen) atoms. The van der Waals surface area contributed by atoms with E-state index in [1.54, 1.807) is 0 Å². The van der Waals surface area contributed by atoms with Gasteiger partial charge in [0, 0.05) is 12.3 Å². The lowest BCUT2D eigenvalue weighted by Gasteiger charge is -2.21. The number of sulfone groups is 1. The number of rotatable bonds is 4. The first-order valence-corrected chi connectivity index (χ1v) is 8.57. The SMILES string of the molecule is CCC1CCCC1Nc1cc(S(C)(=O)=O)ccc1F. The van der Waals surface area contributed by atoms with E-state index in [0.717, 1.165) is 31.9 Å². The molecule has 1 fully saturated rings. The Morgan fingerprint density at radius 2 is 2.11 bits per heavy atom. The van der Waals surface area contributed by atoms with Crippen LogP contribution in [-0.2, 0) is 9.84 Å². The standard InChI is InChI=1S/C14H20FNO2S/c1-3-10-5-4-6-13(10)16-14-9-11(19(2,17)18)7-8-12(14)15/h7-10,13,16H,3-6H2,1-2H3. The highest BCUT2D eigenvalue weighted by Crippen LogP contribution is 2.32. The molecule has 0 bridgehead atoms. The molecule has 2 rings (SSSR count). The van der Waals surface area contributed by atoms with Gasteiger partial charge in [0.25, 0.3) is 0 Å². The van der Waals surface area contributed by atoms with E-state index >= 15 is 0 Å². The summed E-state index contributed by atoms with van der Waals surface area (Å²) >= 11 is 0. The third-order valence-corrected chi connectivity index (χ3v) is 5.00. The van der Waals surface area contributed by atoms with Gasteiger partial charge in [-0.25, -0.2) is 12.8 Å². The van der Waals surface area contributed by atoms with Gasteiger partial charge in [-0.1, -0.05) is 19.8 Å². The molecule has 106 valence electrons. The molecule has 2 atom stereocenters. The Bertz CT molecular complexity index is 557. The highest BCUT2D eigenvalue weighted by Gasteiger charge is 2.26. The van der Waals surface area contributed by atoms with Crippen molar-refractivity contribution in [3.8, 4) is 0 Å². The molecule has 0 heterocycles. The zero-order valence-corrected chi connectivity index (χ0v) is 12.1. The minimum absolute atomic E-state index is 0.155. The van der Waals surface area contributed by atoms with Crippen LogP contribution >= 0.6 is 0 Å². The number of hydrogen-bond acceptors (Lipinski definition) is 3. The molecule has 0 saturated heterocycles. The van der Waals surface area contributed by atoms with Gasteiger partial charge < -0.3 is 5.32 Å². The monoisotopic (exact) mass is 285 g/mol. The zero-order chi connectivity index (χ0) is 14.0. The molecule has 3 nitrogen and oxygen atoms in total. The summed E-state index contributed by atoms with van der Waals surface area (Å²) in [6, 6.07) is 4.17. The predicted octanol–water partition coefficient (Wildman–Crippen LogP) is 3.22. The summed E-state index contributed by atoms with van der Waals surface area (Å²) in [4.78, 5) is 0.155. The lowest BCUT2D eigenvalue weighted by molar-refractivity contribution is 0.486. The van der Waals surface area contributed by atoms with Crippen molar-refractivity contribution in [3.05, 3.63) is 24.0 Å². The second kappa shape index (κ2) is 5.49. The van der Waals surface area contributed by atoms with Crippen LogP contribution in [0.25, 0.3) is 0 Å². The molecule has 1 aromatic rings. The number of benzene rings is 1. The van der Waals surface area contributed by atoms with Gasteiger partial charge in [-0.05, 0) is 37.0 Å². The number of halogens is 1. The Labute approximate surface area is 114 Å². The Kier molecular flexibility index (Phi) is 4.13. The van der Waals surface area contributed by atoms with Crippen LogP contribution in [0.1, 0.15) is 32.6 Å². The second-order valence-electron chi connectivity index (χ2n) is 5.26. The van der Waals surface area contributed by atoms with Gasteiger partial charge in [0.2, 0.25) is 0 Å². The molecule has 1 saturated carbocycles. The summed E-state index contributed by atoms with van der Waals surface area (Å²) < 4.78 is 36.8. The molecular formula is C14H20FNO2S. The lowest BCUT2D eigenvalue weighted by Crippen LogP contribution is -2.24. The van der Waals surface area contributed by atoms with E-state index in [0.29, 0.717) is 11.6 Å². The van der Waals surface area contributed by atoms with E-state index in [9.17, 15) is 12.8 Å². The second-order valence-corrected chi connectivity index (χ2v) is 7.28. The van der Waals surface area contributed by atoms with Gasteiger partial charge in [0.15, 0.2) is 9.84 Å². The van der Waals surface area contributed by atoms with Crippen LogP contribution in [-0.4, -0.2) is 20.7 Å². The molecule has 0 radical (unpaired) electrons. The Hall–Kier alpha value is -1.10. The number of hydrogen-bond donors (Lipinski definition) is 1. The fourth-order valence-corrected chi connectivity index (χ4v) is 3.41. The van der Waals surface area contributed by atoms with E-state index in [2.05, 4.69) is 12.2 Å². The van der Waals surface area contributed by atoms with E-state index in [-0.39, 0.29) is 10.9 Å². The predicted molar refractivity (Wildman–Crippen MR) is 74.6 cm³/mol. The molecular weight excluding hydrogens is 265 g/mol. The Balaban J connectivity index is 2.24. The van der Waals surface area contributed by atoms with Gasteiger partial charge in [-0.2, -0.15) is 0 Å². The van der Waals surface area contributed by atoms with Crippen molar-refractivity contribution in [2.24, 2.45) is 5.92 Å². The normalized spacial score (nSPS) is 23.5. The highest BCUT2D eigenvalue weighted by atomic mass is 32.2. The molecule has 1 aliphatic carbocycles. The van der Waals surface area contributed by atoms with Crippen molar-refractivity contribution in [1.29, 1.82) is 0 Å². The Morgan fingerprint density at radius 1 is 1.37 bits per heavy atom. The van der Waals surface area contributed by atoms with E-state index in [1.807, 2.05) is 0 Å². The maximum Gasteiger partial charge on any atom is 0.175 e. The van der Waals surface area contributed by atoms with Crippen LogP contribution in [0.5, 0.6) is 0 Å². The molecule has 1 aromatic carbocycles. The fourth-order valence-electron chi connectivity index (χ4n) is 2.76. The third kappa shape index (κ3) is 3.26. The highest BCUT2D eigenvalue weighted by molar-refractivity contribution is 7.90. The van der Waals surface area contributed by atoms with E-state index in [4.69, 9.17) is 0 Å². The molecule has 1 aliphatic rings. The summed E-state index contributed by atoms with van der Waals surface area (Å²) in [7, 11) is -3.30. The van der Waals surface area contributed by atoms with Crippen LogP contribution in [0, 0.1) is 11.7 Å². The summed E-state index contributed by atoms with van der Waals surface area (Å²) in [6.07, 6.45) is 5.51. The number of anilines is 1. The molecule has 1 N–H and O–H groups in total. The van der Waals surface area contributed by atoms with Crippen molar-refractivity contribution < 1.29 is 12.8 Å². The largest absolute Gasteiger partial charge is 0.380 e. The maximum absolute atomic E-state index is 13.8. The molecule has 0 aliphatic heterocycles. The van der Waals surface area contributed by atoms with Crippen LogP contribution in [0.2, 0.25) is 0 Å². The van der Waals surface area contributed by atoms with Crippen molar-refractivity contribution in [1.82, 2.24) is 0 Å². The molecule has 0 aromatic heterocycles.